The molecule has 2 heteroatoms. The van der Waals surface area contributed by atoms with Crippen LogP contribution in [0.3, 0.4) is 0 Å². The van der Waals surface area contributed by atoms with Gasteiger partial charge in [-0.2, -0.15) is 0 Å². The standard InChI is InChI=1S/C4H8O.Ir/c1-2-3-4-5;/h4H,2-3H2,1H3;. The van der Waals surface area contributed by atoms with Crippen LogP contribution >= 0.6 is 0 Å². The quantitative estimate of drug-likeness (QED) is 0.680. The molecule has 0 amide bonds. The first-order valence-electron chi connectivity index (χ1n) is 1.85. The van der Waals surface area contributed by atoms with Gasteiger partial charge in [0.2, 0.25) is 0 Å². The molecule has 1 radical (unpaired) electrons. The Labute approximate surface area is 51.5 Å². The van der Waals surface area contributed by atoms with E-state index in [0.29, 0.717) is 6.42 Å². The van der Waals surface area contributed by atoms with Crippen LogP contribution in [0.4, 0.5) is 0 Å². The van der Waals surface area contributed by atoms with E-state index in [1.54, 1.807) is 0 Å². The summed E-state index contributed by atoms with van der Waals surface area (Å²) in [7, 11) is 0. The van der Waals surface area contributed by atoms with E-state index in [0.717, 1.165) is 12.7 Å². The van der Waals surface area contributed by atoms with Crippen molar-refractivity contribution in [2.75, 3.05) is 0 Å². The van der Waals surface area contributed by atoms with Gasteiger partial charge in [-0.3, -0.25) is 0 Å². The van der Waals surface area contributed by atoms with Gasteiger partial charge in [0.15, 0.2) is 0 Å². The molecular formula is C4H8IrO. The number of hydrogen-bond donors (Lipinski definition) is 0. The zero-order valence-corrected chi connectivity index (χ0v) is 6.13. The second-order valence-electron chi connectivity index (χ2n) is 0.955. The molecule has 0 aromatic rings. The van der Waals surface area contributed by atoms with Crippen molar-refractivity contribution in [3.05, 3.63) is 0 Å². The third kappa shape index (κ3) is 8.85. The van der Waals surface area contributed by atoms with E-state index < -0.39 is 0 Å². The number of rotatable bonds is 2. The first-order chi connectivity index (χ1) is 2.41. The summed E-state index contributed by atoms with van der Waals surface area (Å²) in [6.07, 6.45) is 2.61. The van der Waals surface area contributed by atoms with Crippen LogP contribution in [-0.2, 0) is 24.9 Å². The van der Waals surface area contributed by atoms with Gasteiger partial charge in [0.05, 0.1) is 0 Å². The summed E-state index contributed by atoms with van der Waals surface area (Å²) in [5.74, 6) is 0. The van der Waals surface area contributed by atoms with Gasteiger partial charge in [-0.15, -0.1) is 0 Å². The molecular weight excluding hydrogens is 256 g/mol. The molecule has 0 spiro atoms. The summed E-state index contributed by atoms with van der Waals surface area (Å²) in [5.41, 5.74) is 0. The SMILES string of the molecule is CCCC=O.[Ir]. The summed E-state index contributed by atoms with van der Waals surface area (Å²) in [5, 5.41) is 0. The Hall–Kier alpha value is 0.319. The molecule has 6 heavy (non-hydrogen) atoms. The molecule has 0 bridgehead atoms. The normalized spacial score (nSPS) is 6.17. The van der Waals surface area contributed by atoms with Crippen LogP contribution in [-0.4, -0.2) is 6.29 Å². The van der Waals surface area contributed by atoms with Crippen LogP contribution in [0.2, 0.25) is 0 Å². The fourth-order valence-electron chi connectivity index (χ4n) is 0.118. The van der Waals surface area contributed by atoms with Gasteiger partial charge in [0.25, 0.3) is 0 Å². The van der Waals surface area contributed by atoms with E-state index in [4.69, 9.17) is 0 Å². The van der Waals surface area contributed by atoms with Gasteiger partial charge in [-0.05, 0) is 6.42 Å². The van der Waals surface area contributed by atoms with Crippen LogP contribution in [0.25, 0.3) is 0 Å². The Bertz CT molecular complexity index is 28.7. The van der Waals surface area contributed by atoms with Crippen molar-refractivity contribution in [1.29, 1.82) is 0 Å². The van der Waals surface area contributed by atoms with Crippen molar-refractivity contribution >= 4 is 6.29 Å². The maximum Gasteiger partial charge on any atom is 0.119 e. The van der Waals surface area contributed by atoms with Gasteiger partial charge in [-0.25, -0.2) is 0 Å². The van der Waals surface area contributed by atoms with E-state index in [1.165, 1.54) is 0 Å². The van der Waals surface area contributed by atoms with Crippen molar-refractivity contribution in [1.82, 2.24) is 0 Å². The smallest absolute Gasteiger partial charge is 0.119 e. The predicted molar refractivity (Wildman–Crippen MR) is 21.0 cm³/mol. The number of carbonyl (C=O) groups is 1. The first kappa shape index (κ1) is 9.58. The maximum absolute atomic E-state index is 9.40. The Kier molecular flexibility index (Phi) is 14.4. The van der Waals surface area contributed by atoms with E-state index in [-0.39, 0.29) is 20.1 Å². The zero-order chi connectivity index (χ0) is 4.12. The Morgan fingerprint density at radius 3 is 2.17 bits per heavy atom. The van der Waals surface area contributed by atoms with Crippen molar-refractivity contribution < 1.29 is 24.9 Å². The molecule has 0 unspecified atom stereocenters. The summed E-state index contributed by atoms with van der Waals surface area (Å²) < 4.78 is 0. The predicted octanol–water partition coefficient (Wildman–Crippen LogP) is 0.983. The Morgan fingerprint density at radius 1 is 1.67 bits per heavy atom. The van der Waals surface area contributed by atoms with Crippen LogP contribution < -0.4 is 0 Å². The summed E-state index contributed by atoms with van der Waals surface area (Å²) in [4.78, 5) is 9.40. The van der Waals surface area contributed by atoms with Crippen LogP contribution in [0.15, 0.2) is 0 Å². The summed E-state index contributed by atoms with van der Waals surface area (Å²) in [6.45, 7) is 1.98. The van der Waals surface area contributed by atoms with Crippen molar-refractivity contribution in [2.24, 2.45) is 0 Å². The average molecular weight is 264 g/mol. The largest absolute Gasteiger partial charge is 0.303 e. The molecule has 0 rings (SSSR count). The van der Waals surface area contributed by atoms with Crippen molar-refractivity contribution in [2.45, 2.75) is 19.8 Å². The third-order valence-corrected chi connectivity index (χ3v) is 0.407. The molecule has 1 nitrogen and oxygen atoms in total. The fraction of sp³-hybridized carbons (Fsp3) is 0.750. The molecule has 0 saturated heterocycles. The number of carbonyl (C=O) groups excluding carboxylic acids is 1. The molecule has 0 aliphatic heterocycles. The van der Waals surface area contributed by atoms with Crippen molar-refractivity contribution in [3.63, 3.8) is 0 Å². The second-order valence-corrected chi connectivity index (χ2v) is 0.955. The van der Waals surface area contributed by atoms with Crippen LogP contribution in [0, 0.1) is 0 Å². The summed E-state index contributed by atoms with van der Waals surface area (Å²) in [6, 6.07) is 0. The van der Waals surface area contributed by atoms with Crippen LogP contribution in [0.5, 0.6) is 0 Å². The molecule has 0 atom stereocenters. The Morgan fingerprint density at radius 2 is 2.17 bits per heavy atom. The average Bonchev–Trinajstić information content (AvgIpc) is 1.41. The fourth-order valence-corrected chi connectivity index (χ4v) is 0.118. The van der Waals surface area contributed by atoms with Gasteiger partial charge < -0.3 is 4.79 Å². The van der Waals surface area contributed by atoms with Gasteiger partial charge in [-0.1, -0.05) is 6.92 Å². The minimum Gasteiger partial charge on any atom is -0.303 e. The zero-order valence-electron chi connectivity index (χ0n) is 3.73. The molecule has 0 aromatic heterocycles. The molecule has 0 aliphatic rings. The van der Waals surface area contributed by atoms with Gasteiger partial charge in [0.1, 0.15) is 6.29 Å². The first-order valence-corrected chi connectivity index (χ1v) is 1.85. The monoisotopic (exact) mass is 265 g/mol. The Balaban J connectivity index is 0. The van der Waals surface area contributed by atoms with Gasteiger partial charge >= 0.3 is 0 Å². The van der Waals surface area contributed by atoms with E-state index in [9.17, 15) is 4.79 Å². The molecule has 39 valence electrons. The maximum atomic E-state index is 9.40. The van der Waals surface area contributed by atoms with Crippen molar-refractivity contribution in [3.8, 4) is 0 Å². The molecule has 0 aliphatic carbocycles. The van der Waals surface area contributed by atoms with E-state index in [1.807, 2.05) is 6.92 Å². The number of hydrogen-bond acceptors (Lipinski definition) is 1. The van der Waals surface area contributed by atoms with E-state index in [2.05, 4.69) is 0 Å². The molecule has 0 fully saturated rings. The molecule has 0 saturated carbocycles. The summed E-state index contributed by atoms with van der Waals surface area (Å²) >= 11 is 0. The topological polar surface area (TPSA) is 17.1 Å². The van der Waals surface area contributed by atoms with E-state index >= 15 is 0 Å². The van der Waals surface area contributed by atoms with Gasteiger partial charge in [0, 0.05) is 26.5 Å². The second kappa shape index (κ2) is 9.01. The minimum absolute atomic E-state index is 0. The third-order valence-electron chi connectivity index (χ3n) is 0.407. The molecule has 0 aromatic carbocycles. The number of aldehydes is 1. The number of unbranched alkanes of at least 4 members (excludes halogenated alkanes) is 1. The molecule has 0 N–H and O–H groups in total. The van der Waals surface area contributed by atoms with Crippen LogP contribution in [0.1, 0.15) is 19.8 Å². The molecule has 0 heterocycles. The minimum atomic E-state index is 0.